The third-order valence-electron chi connectivity index (χ3n) is 3.92. The molecule has 1 saturated heterocycles. The summed E-state index contributed by atoms with van der Waals surface area (Å²) in [7, 11) is 0. The van der Waals surface area contributed by atoms with Crippen LogP contribution in [0.1, 0.15) is 38.1 Å². The second-order valence-corrected chi connectivity index (χ2v) is 5.65. The molecule has 1 atom stereocenters. The molecule has 6 nitrogen and oxygen atoms in total. The smallest absolute Gasteiger partial charge is 0.254 e. The lowest BCUT2D eigenvalue weighted by Gasteiger charge is -2.34. The van der Waals surface area contributed by atoms with E-state index in [1.165, 1.54) is 0 Å². The fraction of sp³-hybridized carbons (Fsp3) is 0.611. The van der Waals surface area contributed by atoms with Crippen molar-refractivity contribution >= 4 is 18.3 Å². The van der Waals surface area contributed by atoms with Crippen molar-refractivity contribution in [1.82, 2.24) is 10.2 Å². The molecule has 1 heterocycles. The number of amides is 1. The predicted octanol–water partition coefficient (Wildman–Crippen LogP) is 2.74. The summed E-state index contributed by atoms with van der Waals surface area (Å²) in [6, 6.07) is 3.67. The fourth-order valence-electron chi connectivity index (χ4n) is 2.82. The van der Waals surface area contributed by atoms with E-state index in [1.54, 1.807) is 12.1 Å². The van der Waals surface area contributed by atoms with Crippen LogP contribution in [-0.4, -0.2) is 56.3 Å². The topological polar surface area (TPSA) is 60.0 Å². The van der Waals surface area contributed by atoms with Crippen LogP contribution in [0.4, 0.5) is 0 Å². The van der Waals surface area contributed by atoms with Crippen molar-refractivity contribution in [3.8, 4) is 17.2 Å². The molecule has 1 amide bonds. The second-order valence-electron chi connectivity index (χ2n) is 5.65. The van der Waals surface area contributed by atoms with Crippen molar-refractivity contribution in [1.29, 1.82) is 0 Å². The molecule has 142 valence electrons. The van der Waals surface area contributed by atoms with Crippen LogP contribution in [0, 0.1) is 0 Å². The van der Waals surface area contributed by atoms with Gasteiger partial charge in [-0.05, 0) is 39.8 Å². The van der Waals surface area contributed by atoms with E-state index in [2.05, 4.69) is 5.32 Å². The molecule has 0 saturated carbocycles. The lowest BCUT2D eigenvalue weighted by Crippen LogP contribution is -2.52. The summed E-state index contributed by atoms with van der Waals surface area (Å²) >= 11 is 0. The van der Waals surface area contributed by atoms with Gasteiger partial charge >= 0.3 is 0 Å². The molecule has 0 aliphatic carbocycles. The maximum Gasteiger partial charge on any atom is 0.254 e. The standard InChI is InChI=1S/C18H28N2O4.ClH/c1-5-22-15-10-14(11-16(23-6-2)17(15)24-7-3)18(21)20-9-8-19-12-13(20)4;/h10-11,13,19H,5-9,12H2,1-4H3;1H/t13-;/m1./s1. The number of ether oxygens (including phenoxy) is 3. The van der Waals surface area contributed by atoms with Gasteiger partial charge in [0.15, 0.2) is 11.5 Å². The quantitative estimate of drug-likeness (QED) is 0.797. The highest BCUT2D eigenvalue weighted by Gasteiger charge is 2.26. The Morgan fingerprint density at radius 3 is 2.16 bits per heavy atom. The molecule has 0 radical (unpaired) electrons. The third-order valence-corrected chi connectivity index (χ3v) is 3.92. The van der Waals surface area contributed by atoms with Gasteiger partial charge in [-0.15, -0.1) is 12.4 Å². The lowest BCUT2D eigenvalue weighted by molar-refractivity contribution is 0.0654. The van der Waals surface area contributed by atoms with E-state index in [0.29, 0.717) is 49.2 Å². The monoisotopic (exact) mass is 372 g/mol. The third kappa shape index (κ3) is 5.16. The zero-order valence-electron chi connectivity index (χ0n) is 15.5. The predicted molar refractivity (Wildman–Crippen MR) is 101 cm³/mol. The van der Waals surface area contributed by atoms with Crippen LogP contribution in [0.2, 0.25) is 0 Å². The number of piperazine rings is 1. The molecule has 1 aliphatic rings. The fourth-order valence-corrected chi connectivity index (χ4v) is 2.82. The molecular weight excluding hydrogens is 344 g/mol. The van der Waals surface area contributed by atoms with E-state index in [4.69, 9.17) is 14.2 Å². The van der Waals surface area contributed by atoms with Crippen molar-refractivity contribution in [3.63, 3.8) is 0 Å². The molecule has 25 heavy (non-hydrogen) atoms. The van der Waals surface area contributed by atoms with Crippen molar-refractivity contribution < 1.29 is 19.0 Å². The molecule has 7 heteroatoms. The van der Waals surface area contributed by atoms with Gasteiger partial charge in [0.1, 0.15) is 0 Å². The highest BCUT2D eigenvalue weighted by Crippen LogP contribution is 2.39. The SMILES string of the molecule is CCOc1cc(C(=O)N2CCNC[C@H]2C)cc(OCC)c1OCC.Cl. The van der Waals surface area contributed by atoms with E-state index < -0.39 is 0 Å². The Labute approximate surface area is 156 Å². The first-order valence-corrected chi connectivity index (χ1v) is 8.70. The van der Waals surface area contributed by atoms with Gasteiger partial charge in [-0.1, -0.05) is 0 Å². The zero-order chi connectivity index (χ0) is 17.5. The van der Waals surface area contributed by atoms with Gasteiger partial charge in [0.05, 0.1) is 19.8 Å². The minimum Gasteiger partial charge on any atom is -0.490 e. The van der Waals surface area contributed by atoms with Gasteiger partial charge in [-0.3, -0.25) is 4.79 Å². The molecule has 2 rings (SSSR count). The Morgan fingerprint density at radius 2 is 1.68 bits per heavy atom. The Morgan fingerprint density at radius 1 is 1.12 bits per heavy atom. The largest absolute Gasteiger partial charge is 0.490 e. The number of nitrogens with one attached hydrogen (secondary N) is 1. The van der Waals surface area contributed by atoms with Crippen molar-refractivity contribution in [2.75, 3.05) is 39.5 Å². The van der Waals surface area contributed by atoms with Crippen LogP contribution < -0.4 is 19.5 Å². The molecule has 0 unspecified atom stereocenters. The first kappa shape index (κ1) is 21.4. The summed E-state index contributed by atoms with van der Waals surface area (Å²) in [6.07, 6.45) is 0. The Balaban J connectivity index is 0.00000312. The zero-order valence-corrected chi connectivity index (χ0v) is 16.3. The maximum atomic E-state index is 12.9. The van der Waals surface area contributed by atoms with E-state index in [0.717, 1.165) is 13.1 Å². The first-order valence-electron chi connectivity index (χ1n) is 8.70. The number of hydrogen-bond donors (Lipinski definition) is 1. The number of benzene rings is 1. The van der Waals surface area contributed by atoms with Crippen LogP contribution in [0.15, 0.2) is 12.1 Å². The van der Waals surface area contributed by atoms with Crippen LogP contribution in [0.25, 0.3) is 0 Å². The number of halogens is 1. The average molecular weight is 373 g/mol. The summed E-state index contributed by atoms with van der Waals surface area (Å²) in [5.74, 6) is 1.66. The molecular formula is C18H29ClN2O4. The van der Waals surface area contributed by atoms with Gasteiger partial charge in [-0.25, -0.2) is 0 Å². The van der Waals surface area contributed by atoms with Crippen molar-refractivity contribution in [2.24, 2.45) is 0 Å². The van der Waals surface area contributed by atoms with Crippen LogP contribution in [-0.2, 0) is 0 Å². The number of carbonyl (C=O) groups is 1. The van der Waals surface area contributed by atoms with E-state index in [-0.39, 0.29) is 24.4 Å². The average Bonchev–Trinajstić information content (AvgIpc) is 2.58. The van der Waals surface area contributed by atoms with E-state index in [1.807, 2.05) is 32.6 Å². The summed E-state index contributed by atoms with van der Waals surface area (Å²) in [6.45, 7) is 11.6. The Kier molecular flexibility index (Phi) is 8.86. The normalized spacial score (nSPS) is 16.8. The van der Waals surface area contributed by atoms with Crippen LogP contribution in [0.3, 0.4) is 0 Å². The molecule has 1 aromatic rings. The van der Waals surface area contributed by atoms with Crippen LogP contribution >= 0.6 is 12.4 Å². The van der Waals surface area contributed by atoms with Gasteiger partial charge < -0.3 is 24.4 Å². The molecule has 1 aliphatic heterocycles. The number of rotatable bonds is 7. The summed E-state index contributed by atoms with van der Waals surface area (Å²) in [5.41, 5.74) is 0.569. The second kappa shape index (κ2) is 10.4. The van der Waals surface area contributed by atoms with Crippen LogP contribution in [0.5, 0.6) is 17.2 Å². The van der Waals surface area contributed by atoms with E-state index in [9.17, 15) is 4.79 Å². The number of nitrogens with zero attached hydrogens (tertiary/aromatic N) is 1. The number of hydrogen-bond acceptors (Lipinski definition) is 5. The minimum absolute atomic E-state index is 0. The minimum atomic E-state index is -0.00560. The Bertz CT molecular complexity index is 541. The van der Waals surface area contributed by atoms with Gasteiger partial charge in [0.2, 0.25) is 5.75 Å². The Hall–Kier alpha value is -1.66. The molecule has 0 bridgehead atoms. The molecule has 1 fully saturated rings. The molecule has 1 N–H and O–H groups in total. The van der Waals surface area contributed by atoms with Gasteiger partial charge in [-0.2, -0.15) is 0 Å². The first-order chi connectivity index (χ1) is 11.6. The van der Waals surface area contributed by atoms with Gasteiger partial charge in [0.25, 0.3) is 5.91 Å². The van der Waals surface area contributed by atoms with Gasteiger partial charge in [0, 0.05) is 31.2 Å². The van der Waals surface area contributed by atoms with Crippen molar-refractivity contribution in [3.05, 3.63) is 17.7 Å². The summed E-state index contributed by atoms with van der Waals surface area (Å²) in [4.78, 5) is 14.8. The molecule has 1 aromatic carbocycles. The van der Waals surface area contributed by atoms with Crippen molar-refractivity contribution in [2.45, 2.75) is 33.7 Å². The summed E-state index contributed by atoms with van der Waals surface area (Å²) < 4.78 is 17.1. The lowest BCUT2D eigenvalue weighted by atomic mass is 10.1. The maximum absolute atomic E-state index is 12.9. The van der Waals surface area contributed by atoms with E-state index >= 15 is 0 Å². The molecule has 0 aromatic heterocycles. The highest BCUT2D eigenvalue weighted by atomic mass is 35.5. The summed E-state index contributed by atoms with van der Waals surface area (Å²) in [5, 5.41) is 3.30. The molecule has 0 spiro atoms. The highest BCUT2D eigenvalue weighted by molar-refractivity contribution is 5.96. The number of carbonyl (C=O) groups excluding carboxylic acids is 1.